The fourth-order valence-corrected chi connectivity index (χ4v) is 2.48. The molecule has 1 fully saturated rings. The smallest absolute Gasteiger partial charge is 0.161 e. The van der Waals surface area contributed by atoms with E-state index < -0.39 is 0 Å². The van der Waals surface area contributed by atoms with Crippen LogP contribution in [0.5, 0.6) is 5.75 Å². The lowest BCUT2D eigenvalue weighted by Gasteiger charge is -2.35. The molecule has 3 N–H and O–H groups in total. The molecular formula is C12H23N5O2. The molecular weight excluding hydrogens is 246 g/mol. The van der Waals surface area contributed by atoms with Crippen molar-refractivity contribution in [3.63, 3.8) is 0 Å². The summed E-state index contributed by atoms with van der Waals surface area (Å²) < 4.78 is 13.1. The van der Waals surface area contributed by atoms with Crippen molar-refractivity contribution < 1.29 is 9.47 Å². The number of likely N-dealkylation sites (N-methyl/N-ethyl adjacent to an activating group) is 1. The van der Waals surface area contributed by atoms with Crippen molar-refractivity contribution in [3.05, 3.63) is 11.9 Å². The van der Waals surface area contributed by atoms with Gasteiger partial charge >= 0.3 is 0 Å². The first kappa shape index (κ1) is 14.3. The number of ether oxygens (including phenoxy) is 2. The molecule has 0 bridgehead atoms. The van der Waals surface area contributed by atoms with E-state index in [0.29, 0.717) is 6.61 Å². The summed E-state index contributed by atoms with van der Waals surface area (Å²) in [6, 6.07) is -0.139. The Balaban J connectivity index is 2.27. The van der Waals surface area contributed by atoms with Crippen LogP contribution in [0.4, 0.5) is 0 Å². The fourth-order valence-electron chi connectivity index (χ4n) is 2.48. The van der Waals surface area contributed by atoms with Gasteiger partial charge in [-0.25, -0.2) is 5.43 Å². The first-order valence-electron chi connectivity index (χ1n) is 6.57. The molecule has 0 saturated carbocycles. The molecule has 19 heavy (non-hydrogen) atoms. The molecule has 0 amide bonds. The van der Waals surface area contributed by atoms with Crippen molar-refractivity contribution in [2.24, 2.45) is 5.84 Å². The maximum Gasteiger partial charge on any atom is 0.161 e. The van der Waals surface area contributed by atoms with Crippen molar-refractivity contribution in [2.75, 3.05) is 33.9 Å². The molecule has 2 unspecified atom stereocenters. The van der Waals surface area contributed by atoms with Gasteiger partial charge in [0.25, 0.3) is 0 Å². The molecule has 2 atom stereocenters. The molecule has 1 aliphatic heterocycles. The highest BCUT2D eigenvalue weighted by molar-refractivity contribution is 5.29. The summed E-state index contributed by atoms with van der Waals surface area (Å²) in [7, 11) is 3.72. The largest absolute Gasteiger partial charge is 0.493 e. The van der Waals surface area contributed by atoms with Gasteiger partial charge in [-0.05, 0) is 14.0 Å². The molecule has 1 aliphatic rings. The van der Waals surface area contributed by atoms with Crippen LogP contribution >= 0.6 is 0 Å². The Labute approximate surface area is 113 Å². The first-order valence-corrected chi connectivity index (χ1v) is 6.57. The van der Waals surface area contributed by atoms with Gasteiger partial charge in [0.15, 0.2) is 5.75 Å². The van der Waals surface area contributed by atoms with Gasteiger partial charge in [0.05, 0.1) is 32.1 Å². The molecule has 1 aromatic rings. The predicted molar refractivity (Wildman–Crippen MR) is 71.8 cm³/mol. The zero-order valence-electron chi connectivity index (χ0n) is 11.8. The van der Waals surface area contributed by atoms with Gasteiger partial charge in [0.1, 0.15) is 5.69 Å². The minimum Gasteiger partial charge on any atom is -0.493 e. The number of rotatable bonds is 5. The average Bonchev–Trinajstić information content (AvgIpc) is 2.83. The molecule has 1 aromatic heterocycles. The number of nitrogens with one attached hydrogen (secondary N) is 1. The molecule has 1 saturated heterocycles. The Kier molecular flexibility index (Phi) is 4.76. The van der Waals surface area contributed by atoms with Gasteiger partial charge in [-0.1, -0.05) is 0 Å². The molecule has 7 nitrogen and oxygen atoms in total. The highest BCUT2D eigenvalue weighted by Crippen LogP contribution is 2.29. The van der Waals surface area contributed by atoms with Gasteiger partial charge in [-0.15, -0.1) is 0 Å². The van der Waals surface area contributed by atoms with Crippen molar-refractivity contribution in [3.8, 4) is 5.75 Å². The summed E-state index contributed by atoms with van der Waals surface area (Å²) in [4.78, 5) is 2.23. The molecule has 0 radical (unpaired) electrons. The van der Waals surface area contributed by atoms with Crippen molar-refractivity contribution in [2.45, 2.75) is 25.6 Å². The summed E-state index contributed by atoms with van der Waals surface area (Å²) in [6.45, 7) is 5.28. The lowest BCUT2D eigenvalue weighted by molar-refractivity contribution is -0.0410. The van der Waals surface area contributed by atoms with E-state index in [1.807, 2.05) is 11.6 Å². The van der Waals surface area contributed by atoms with Crippen LogP contribution in [0.3, 0.4) is 0 Å². The standard InChI is InChI=1S/C12H23N5O2/c1-4-17-12(9(18-3)7-14-17)11(15-13)10-8-16(2)5-6-19-10/h7,10-11,15H,4-6,8,13H2,1-3H3. The maximum atomic E-state index is 5.84. The van der Waals surface area contributed by atoms with Crippen LogP contribution in [0.25, 0.3) is 0 Å². The Hall–Kier alpha value is -1.15. The van der Waals surface area contributed by atoms with E-state index in [4.69, 9.17) is 15.3 Å². The number of aromatic nitrogens is 2. The second-order valence-corrected chi connectivity index (χ2v) is 4.73. The highest BCUT2D eigenvalue weighted by atomic mass is 16.5. The van der Waals surface area contributed by atoms with Crippen LogP contribution in [0.2, 0.25) is 0 Å². The third kappa shape index (κ3) is 2.89. The molecule has 0 spiro atoms. The van der Waals surface area contributed by atoms with E-state index in [0.717, 1.165) is 31.1 Å². The number of morpholine rings is 1. The van der Waals surface area contributed by atoms with E-state index in [1.165, 1.54) is 0 Å². The first-order chi connectivity index (χ1) is 9.21. The van der Waals surface area contributed by atoms with Gasteiger partial charge in [-0.3, -0.25) is 10.5 Å². The van der Waals surface area contributed by atoms with Crippen LogP contribution < -0.4 is 16.0 Å². The topological polar surface area (TPSA) is 77.6 Å². The zero-order chi connectivity index (χ0) is 13.8. The van der Waals surface area contributed by atoms with Gasteiger partial charge in [-0.2, -0.15) is 5.10 Å². The molecule has 0 aliphatic carbocycles. The number of hydrogen-bond acceptors (Lipinski definition) is 6. The molecule has 2 heterocycles. The fraction of sp³-hybridized carbons (Fsp3) is 0.750. The van der Waals surface area contributed by atoms with Gasteiger partial charge in [0, 0.05) is 19.6 Å². The number of aryl methyl sites for hydroxylation is 1. The molecule has 0 aromatic carbocycles. The Morgan fingerprint density at radius 2 is 2.47 bits per heavy atom. The van der Waals surface area contributed by atoms with Crippen LogP contribution in [0.15, 0.2) is 6.20 Å². The van der Waals surface area contributed by atoms with E-state index in [-0.39, 0.29) is 12.1 Å². The van der Waals surface area contributed by atoms with Crippen molar-refractivity contribution in [1.29, 1.82) is 0 Å². The Morgan fingerprint density at radius 3 is 3.05 bits per heavy atom. The number of nitrogens with zero attached hydrogens (tertiary/aromatic N) is 3. The Bertz CT molecular complexity index is 387. The van der Waals surface area contributed by atoms with E-state index in [1.54, 1.807) is 13.3 Å². The monoisotopic (exact) mass is 269 g/mol. The lowest BCUT2D eigenvalue weighted by atomic mass is 10.1. The van der Waals surface area contributed by atoms with E-state index in [2.05, 4.69) is 22.5 Å². The average molecular weight is 269 g/mol. The van der Waals surface area contributed by atoms with Crippen molar-refractivity contribution in [1.82, 2.24) is 20.1 Å². The van der Waals surface area contributed by atoms with E-state index >= 15 is 0 Å². The van der Waals surface area contributed by atoms with E-state index in [9.17, 15) is 0 Å². The maximum absolute atomic E-state index is 5.84. The van der Waals surface area contributed by atoms with Crippen LogP contribution in [-0.2, 0) is 11.3 Å². The third-order valence-corrected chi connectivity index (χ3v) is 3.51. The number of methoxy groups -OCH3 is 1. The summed E-state index contributed by atoms with van der Waals surface area (Å²) in [5.74, 6) is 6.48. The molecule has 2 rings (SSSR count). The normalized spacial score (nSPS) is 22.4. The number of hydrazine groups is 1. The Morgan fingerprint density at radius 1 is 1.68 bits per heavy atom. The number of hydrogen-bond donors (Lipinski definition) is 2. The quantitative estimate of drug-likeness (QED) is 0.567. The zero-order valence-corrected chi connectivity index (χ0v) is 11.8. The lowest BCUT2D eigenvalue weighted by Crippen LogP contribution is -2.49. The summed E-state index contributed by atoms with van der Waals surface area (Å²) >= 11 is 0. The second kappa shape index (κ2) is 6.33. The number of nitrogens with two attached hydrogens (primary N) is 1. The predicted octanol–water partition coefficient (Wildman–Crippen LogP) is -0.253. The third-order valence-electron chi connectivity index (χ3n) is 3.51. The minimum atomic E-state index is -0.139. The van der Waals surface area contributed by atoms with Gasteiger partial charge < -0.3 is 14.4 Å². The van der Waals surface area contributed by atoms with Gasteiger partial charge in [0.2, 0.25) is 0 Å². The minimum absolute atomic E-state index is 0.0142. The SMILES string of the molecule is CCn1ncc(OC)c1C(NN)C1CN(C)CCO1. The summed E-state index contributed by atoms with van der Waals surface area (Å²) in [5, 5.41) is 4.32. The second-order valence-electron chi connectivity index (χ2n) is 4.73. The van der Waals surface area contributed by atoms with Crippen LogP contribution in [0.1, 0.15) is 18.7 Å². The summed E-state index contributed by atoms with van der Waals surface area (Å²) in [5.41, 5.74) is 3.79. The molecule has 7 heteroatoms. The van der Waals surface area contributed by atoms with Crippen LogP contribution in [0, 0.1) is 0 Å². The summed E-state index contributed by atoms with van der Waals surface area (Å²) in [6.07, 6.45) is 1.70. The molecule has 108 valence electrons. The van der Waals surface area contributed by atoms with Crippen LogP contribution in [-0.4, -0.2) is 54.6 Å². The highest BCUT2D eigenvalue weighted by Gasteiger charge is 2.32. The van der Waals surface area contributed by atoms with Crippen molar-refractivity contribution >= 4 is 0 Å².